The summed E-state index contributed by atoms with van der Waals surface area (Å²) in [6.45, 7) is 0. The first-order valence-electron chi connectivity index (χ1n) is 4.62. The van der Waals surface area contributed by atoms with Crippen molar-refractivity contribution in [2.45, 2.75) is 0 Å². The maximum Gasteiger partial charge on any atom is 0.103 e. The summed E-state index contributed by atoms with van der Waals surface area (Å²) in [5, 5.41) is 7.09. The average Bonchev–Trinajstić information content (AvgIpc) is 2.30. The van der Waals surface area contributed by atoms with Crippen molar-refractivity contribution in [1.82, 2.24) is 4.98 Å². The van der Waals surface area contributed by atoms with Crippen LogP contribution < -0.4 is 5.73 Å². The number of rotatable bonds is 2. The van der Waals surface area contributed by atoms with Gasteiger partial charge >= 0.3 is 0 Å². The second kappa shape index (κ2) is 3.92. The van der Waals surface area contributed by atoms with Gasteiger partial charge in [0.25, 0.3) is 0 Å². The van der Waals surface area contributed by atoms with Gasteiger partial charge in [-0.2, -0.15) is 0 Å². The molecule has 3 nitrogen and oxygen atoms in total. The van der Waals surface area contributed by atoms with Crippen LogP contribution in [0.3, 0.4) is 0 Å². The second-order valence-corrected chi connectivity index (χ2v) is 3.21. The van der Waals surface area contributed by atoms with Crippen LogP contribution in [0.5, 0.6) is 0 Å². The highest BCUT2D eigenvalue weighted by Crippen LogP contribution is 2.20. The monoisotopic (exact) mass is 197 g/mol. The predicted molar refractivity (Wildman–Crippen MR) is 62.0 cm³/mol. The lowest BCUT2D eigenvalue weighted by molar-refractivity contribution is 1.30. The van der Waals surface area contributed by atoms with Crippen LogP contribution in [0.1, 0.15) is 5.69 Å². The number of hydrogen-bond donors (Lipinski definition) is 2. The molecule has 0 atom stereocenters. The van der Waals surface area contributed by atoms with Crippen LogP contribution in [-0.4, -0.2) is 11.2 Å². The number of nitrogens with one attached hydrogen (secondary N) is 1. The van der Waals surface area contributed by atoms with Crippen molar-refractivity contribution in [3.63, 3.8) is 0 Å². The Balaban J connectivity index is 2.47. The summed E-state index contributed by atoms with van der Waals surface area (Å²) in [5.74, 6) is 0. The lowest BCUT2D eigenvalue weighted by atomic mass is 10.1. The van der Waals surface area contributed by atoms with E-state index in [-0.39, 0.29) is 0 Å². The van der Waals surface area contributed by atoms with Gasteiger partial charge in [0.15, 0.2) is 0 Å². The van der Waals surface area contributed by atoms with Crippen molar-refractivity contribution in [1.29, 1.82) is 5.41 Å². The Labute approximate surface area is 88.1 Å². The molecule has 0 fully saturated rings. The third-order valence-electron chi connectivity index (χ3n) is 2.19. The second-order valence-electron chi connectivity index (χ2n) is 3.21. The highest BCUT2D eigenvalue weighted by atomic mass is 14.7. The lowest BCUT2D eigenvalue weighted by Gasteiger charge is -2.03. The van der Waals surface area contributed by atoms with E-state index in [9.17, 15) is 0 Å². The molecule has 2 rings (SSSR count). The maximum absolute atomic E-state index is 7.09. The molecule has 2 aromatic rings. The van der Waals surface area contributed by atoms with Gasteiger partial charge < -0.3 is 11.1 Å². The number of aromatic nitrogens is 1. The van der Waals surface area contributed by atoms with Crippen molar-refractivity contribution in [2.75, 3.05) is 5.73 Å². The normalized spacial score (nSPS) is 9.87. The highest BCUT2D eigenvalue weighted by molar-refractivity contribution is 5.84. The van der Waals surface area contributed by atoms with E-state index in [4.69, 9.17) is 11.1 Å². The molecule has 0 aliphatic rings. The summed E-state index contributed by atoms with van der Waals surface area (Å²) in [6, 6.07) is 11.7. The molecule has 1 aromatic carbocycles. The molecule has 15 heavy (non-hydrogen) atoms. The van der Waals surface area contributed by atoms with E-state index in [2.05, 4.69) is 4.98 Å². The molecule has 0 aliphatic heterocycles. The summed E-state index contributed by atoms with van der Waals surface area (Å²) in [6.07, 6.45) is 2.89. The zero-order valence-corrected chi connectivity index (χ0v) is 8.14. The fourth-order valence-corrected chi connectivity index (χ4v) is 1.40. The Morgan fingerprint density at radius 1 is 1.13 bits per heavy atom. The van der Waals surface area contributed by atoms with Crippen LogP contribution in [0.2, 0.25) is 0 Å². The smallest absolute Gasteiger partial charge is 0.103 e. The first kappa shape index (κ1) is 9.40. The zero-order chi connectivity index (χ0) is 10.7. The van der Waals surface area contributed by atoms with Gasteiger partial charge in [-0.15, -0.1) is 0 Å². The Morgan fingerprint density at radius 2 is 1.87 bits per heavy atom. The molecule has 0 saturated carbocycles. The van der Waals surface area contributed by atoms with E-state index in [1.54, 1.807) is 6.20 Å². The molecule has 0 saturated heterocycles. The minimum Gasteiger partial charge on any atom is -0.397 e. The first-order chi connectivity index (χ1) is 7.31. The first-order valence-corrected chi connectivity index (χ1v) is 4.62. The molecule has 3 N–H and O–H groups in total. The summed E-state index contributed by atoms with van der Waals surface area (Å²) >= 11 is 0. The van der Waals surface area contributed by atoms with E-state index in [1.165, 1.54) is 0 Å². The standard InChI is InChI=1S/C12H11N3/c13-7-12-11(14)6-10(8-15-12)9-4-2-1-3-5-9/h1-8,13H,14H2. The summed E-state index contributed by atoms with van der Waals surface area (Å²) < 4.78 is 0. The van der Waals surface area contributed by atoms with Crippen molar-refractivity contribution in [3.05, 3.63) is 48.3 Å². The number of nitrogens with zero attached hydrogens (tertiary/aromatic N) is 1. The van der Waals surface area contributed by atoms with Gasteiger partial charge in [0.05, 0.1) is 5.69 Å². The highest BCUT2D eigenvalue weighted by Gasteiger charge is 2.01. The van der Waals surface area contributed by atoms with Crippen LogP contribution in [-0.2, 0) is 0 Å². The minimum absolute atomic E-state index is 0.509. The fourth-order valence-electron chi connectivity index (χ4n) is 1.40. The maximum atomic E-state index is 7.09. The SMILES string of the molecule is N=Cc1ncc(-c2ccccc2)cc1N. The van der Waals surface area contributed by atoms with E-state index < -0.39 is 0 Å². The van der Waals surface area contributed by atoms with E-state index in [0.29, 0.717) is 11.4 Å². The van der Waals surface area contributed by atoms with Gasteiger partial charge in [-0.25, -0.2) is 0 Å². The molecule has 1 heterocycles. The zero-order valence-electron chi connectivity index (χ0n) is 8.14. The van der Waals surface area contributed by atoms with Gasteiger partial charge in [-0.05, 0) is 11.6 Å². The van der Waals surface area contributed by atoms with E-state index >= 15 is 0 Å². The van der Waals surface area contributed by atoms with Crippen LogP contribution in [0.25, 0.3) is 11.1 Å². The minimum atomic E-state index is 0.509. The van der Waals surface area contributed by atoms with Crippen LogP contribution in [0.4, 0.5) is 5.69 Å². The van der Waals surface area contributed by atoms with Crippen LogP contribution >= 0.6 is 0 Å². The van der Waals surface area contributed by atoms with Gasteiger partial charge in [0.1, 0.15) is 5.69 Å². The topological polar surface area (TPSA) is 62.8 Å². The molecular formula is C12H11N3. The van der Waals surface area contributed by atoms with Crippen molar-refractivity contribution < 1.29 is 0 Å². The molecule has 0 aliphatic carbocycles. The lowest BCUT2D eigenvalue weighted by Crippen LogP contribution is -1.96. The van der Waals surface area contributed by atoms with Crippen LogP contribution in [0, 0.1) is 5.41 Å². The third kappa shape index (κ3) is 1.86. The number of nitrogen functional groups attached to an aromatic ring is 1. The predicted octanol–water partition coefficient (Wildman–Crippen LogP) is 2.33. The number of benzene rings is 1. The summed E-state index contributed by atoms with van der Waals surface area (Å²) in [5.41, 5.74) is 8.85. The number of hydrogen-bond acceptors (Lipinski definition) is 3. The molecule has 74 valence electrons. The average molecular weight is 197 g/mol. The summed E-state index contributed by atoms with van der Waals surface area (Å²) in [4.78, 5) is 4.11. The molecule has 0 radical (unpaired) electrons. The molecule has 1 aromatic heterocycles. The number of nitrogens with two attached hydrogens (primary N) is 1. The quantitative estimate of drug-likeness (QED) is 0.726. The molecule has 0 unspecified atom stereocenters. The Hall–Kier alpha value is -2.16. The Morgan fingerprint density at radius 3 is 2.47 bits per heavy atom. The molecule has 0 spiro atoms. The third-order valence-corrected chi connectivity index (χ3v) is 2.19. The Bertz CT molecular complexity index is 477. The van der Waals surface area contributed by atoms with Crippen LogP contribution in [0.15, 0.2) is 42.6 Å². The molecule has 0 amide bonds. The number of pyridine rings is 1. The van der Waals surface area contributed by atoms with Gasteiger partial charge in [0.2, 0.25) is 0 Å². The van der Waals surface area contributed by atoms with Crippen molar-refractivity contribution >= 4 is 11.9 Å². The van der Waals surface area contributed by atoms with Gasteiger partial charge in [-0.3, -0.25) is 4.98 Å². The van der Waals surface area contributed by atoms with Gasteiger partial charge in [-0.1, -0.05) is 30.3 Å². The largest absolute Gasteiger partial charge is 0.397 e. The van der Waals surface area contributed by atoms with Gasteiger partial charge in [0, 0.05) is 18.0 Å². The molecule has 0 bridgehead atoms. The molecule has 3 heteroatoms. The number of anilines is 1. The van der Waals surface area contributed by atoms with E-state index in [0.717, 1.165) is 17.3 Å². The fraction of sp³-hybridized carbons (Fsp3) is 0. The van der Waals surface area contributed by atoms with E-state index in [1.807, 2.05) is 36.4 Å². The van der Waals surface area contributed by atoms with Crippen molar-refractivity contribution in [2.24, 2.45) is 0 Å². The Kier molecular flexibility index (Phi) is 2.46. The van der Waals surface area contributed by atoms with Crippen molar-refractivity contribution in [3.8, 4) is 11.1 Å². The summed E-state index contributed by atoms with van der Waals surface area (Å²) in [7, 11) is 0. The molecular weight excluding hydrogens is 186 g/mol.